The Bertz CT molecular complexity index is 1620. The third-order valence-electron chi connectivity index (χ3n) is 6.74. The number of fused-ring (bicyclic) bond motifs is 1. The van der Waals surface area contributed by atoms with Crippen LogP contribution in [0.3, 0.4) is 0 Å². The van der Waals surface area contributed by atoms with Crippen LogP contribution in [0.1, 0.15) is 55.6 Å². The van der Waals surface area contributed by atoms with Gasteiger partial charge in [-0.2, -0.15) is 5.10 Å². The standard InChI is InChI=1S/C29H31F2N7O3/c1-29(2,3)41-28(40)37-11-5-8-20(15-37)38-26-23(25(32)34-16-35-26)24(36-38)18-7-4-6-17(12-18)14-33-27(39)21-13-19(30)9-10-22(21)31/h4,6-7,9-10,12-13,16,20H,5,8,11,14-15H2,1-3H3,(H,33,39)(H2,32,34,35)/t20-/m1/s1. The van der Waals surface area contributed by atoms with E-state index in [1.165, 1.54) is 6.33 Å². The van der Waals surface area contributed by atoms with Gasteiger partial charge in [-0.3, -0.25) is 4.79 Å². The molecule has 0 radical (unpaired) electrons. The van der Waals surface area contributed by atoms with E-state index >= 15 is 0 Å². The molecule has 0 saturated carbocycles. The van der Waals surface area contributed by atoms with Crippen LogP contribution in [0.2, 0.25) is 0 Å². The molecule has 2 aromatic heterocycles. The first kappa shape index (κ1) is 27.9. The van der Waals surface area contributed by atoms with Crippen molar-refractivity contribution in [2.24, 2.45) is 0 Å². The number of nitrogens with zero attached hydrogens (tertiary/aromatic N) is 5. The van der Waals surface area contributed by atoms with Crippen molar-refractivity contribution in [1.82, 2.24) is 30.0 Å². The Kier molecular flexibility index (Phi) is 7.57. The molecule has 4 aromatic rings. The molecule has 1 aliphatic rings. The van der Waals surface area contributed by atoms with Gasteiger partial charge in [-0.05, 0) is 63.4 Å². The molecule has 12 heteroatoms. The minimum atomic E-state index is -0.807. The monoisotopic (exact) mass is 563 g/mol. The van der Waals surface area contributed by atoms with Crippen molar-refractivity contribution in [1.29, 1.82) is 0 Å². The molecule has 0 unspecified atom stereocenters. The molecule has 1 saturated heterocycles. The molecule has 0 bridgehead atoms. The highest BCUT2D eigenvalue weighted by Gasteiger charge is 2.31. The molecule has 1 fully saturated rings. The molecule has 3 N–H and O–H groups in total. The second-order valence-electron chi connectivity index (χ2n) is 11.0. The number of nitrogen functional groups attached to an aromatic ring is 1. The van der Waals surface area contributed by atoms with Crippen LogP contribution in [0.5, 0.6) is 0 Å². The number of carbonyl (C=O) groups is 2. The number of rotatable bonds is 5. The van der Waals surface area contributed by atoms with E-state index in [9.17, 15) is 18.4 Å². The molecular weight excluding hydrogens is 532 g/mol. The van der Waals surface area contributed by atoms with Crippen LogP contribution >= 0.6 is 0 Å². The first-order chi connectivity index (χ1) is 19.5. The van der Waals surface area contributed by atoms with Gasteiger partial charge in [-0.25, -0.2) is 28.2 Å². The minimum Gasteiger partial charge on any atom is -0.444 e. The minimum absolute atomic E-state index is 0.0702. The van der Waals surface area contributed by atoms with Gasteiger partial charge >= 0.3 is 6.09 Å². The van der Waals surface area contributed by atoms with Gasteiger partial charge < -0.3 is 20.7 Å². The molecule has 5 rings (SSSR count). The highest BCUT2D eigenvalue weighted by atomic mass is 19.1. The number of amides is 2. The largest absolute Gasteiger partial charge is 0.444 e. The van der Waals surface area contributed by atoms with Crippen molar-refractivity contribution in [2.75, 3.05) is 18.8 Å². The summed E-state index contributed by atoms with van der Waals surface area (Å²) in [5, 5.41) is 8.10. The molecule has 2 amide bonds. The fraction of sp³-hybridized carbons (Fsp3) is 0.345. The van der Waals surface area contributed by atoms with Crippen LogP contribution in [0.25, 0.3) is 22.3 Å². The molecule has 3 heterocycles. The number of piperidine rings is 1. The zero-order chi connectivity index (χ0) is 29.3. The summed E-state index contributed by atoms with van der Waals surface area (Å²) in [7, 11) is 0. The number of hydrogen-bond acceptors (Lipinski definition) is 7. The fourth-order valence-corrected chi connectivity index (χ4v) is 4.88. The van der Waals surface area contributed by atoms with Crippen molar-refractivity contribution in [3.05, 3.63) is 71.6 Å². The molecule has 214 valence electrons. The van der Waals surface area contributed by atoms with E-state index in [1.807, 2.05) is 32.9 Å². The lowest BCUT2D eigenvalue weighted by molar-refractivity contribution is 0.0169. The number of aromatic nitrogens is 4. The van der Waals surface area contributed by atoms with Crippen LogP contribution in [0.4, 0.5) is 19.4 Å². The SMILES string of the molecule is CC(C)(C)OC(=O)N1CCC[C@@H](n2nc(-c3cccc(CNC(=O)c4cc(F)ccc4F)c3)c3c(N)ncnc32)C1. The van der Waals surface area contributed by atoms with Crippen molar-refractivity contribution in [3.8, 4) is 11.3 Å². The number of halogens is 2. The Hall–Kier alpha value is -4.61. The first-order valence-electron chi connectivity index (χ1n) is 13.3. The highest BCUT2D eigenvalue weighted by molar-refractivity contribution is 5.98. The predicted octanol–water partition coefficient (Wildman–Crippen LogP) is 4.86. The number of anilines is 1. The predicted molar refractivity (Wildman–Crippen MR) is 149 cm³/mol. The molecule has 41 heavy (non-hydrogen) atoms. The average Bonchev–Trinajstić information content (AvgIpc) is 3.33. The quantitative estimate of drug-likeness (QED) is 0.355. The van der Waals surface area contributed by atoms with Gasteiger partial charge in [0.15, 0.2) is 5.65 Å². The van der Waals surface area contributed by atoms with Crippen LogP contribution < -0.4 is 11.1 Å². The third-order valence-corrected chi connectivity index (χ3v) is 6.74. The maximum absolute atomic E-state index is 14.0. The number of nitrogens with two attached hydrogens (primary N) is 1. The molecule has 2 aromatic carbocycles. The Morgan fingerprint density at radius 3 is 2.73 bits per heavy atom. The summed E-state index contributed by atoms with van der Waals surface area (Å²) < 4.78 is 34.9. The van der Waals surface area contributed by atoms with Crippen molar-refractivity contribution < 1.29 is 23.1 Å². The fourth-order valence-electron chi connectivity index (χ4n) is 4.88. The Morgan fingerprint density at radius 2 is 1.95 bits per heavy atom. The van der Waals surface area contributed by atoms with E-state index in [0.717, 1.165) is 31.0 Å². The lowest BCUT2D eigenvalue weighted by Gasteiger charge is -2.34. The lowest BCUT2D eigenvalue weighted by atomic mass is 10.1. The van der Waals surface area contributed by atoms with E-state index in [0.29, 0.717) is 40.9 Å². The van der Waals surface area contributed by atoms with Crippen LogP contribution in [0.15, 0.2) is 48.8 Å². The Labute approximate surface area is 235 Å². The van der Waals surface area contributed by atoms with Crippen LogP contribution in [-0.4, -0.2) is 55.3 Å². The average molecular weight is 564 g/mol. The molecule has 1 atom stereocenters. The number of likely N-dealkylation sites (tertiary alicyclic amines) is 1. The Balaban J connectivity index is 1.42. The molecular formula is C29H31F2N7O3. The summed E-state index contributed by atoms with van der Waals surface area (Å²) in [5.41, 5.74) is 7.83. The topological polar surface area (TPSA) is 128 Å². The zero-order valence-corrected chi connectivity index (χ0v) is 23.0. The van der Waals surface area contributed by atoms with Gasteiger partial charge in [0.2, 0.25) is 0 Å². The van der Waals surface area contributed by atoms with E-state index in [1.54, 1.807) is 21.7 Å². The Morgan fingerprint density at radius 1 is 1.15 bits per heavy atom. The lowest BCUT2D eigenvalue weighted by Crippen LogP contribution is -2.43. The van der Waals surface area contributed by atoms with Gasteiger partial charge in [0.05, 0.1) is 17.0 Å². The number of hydrogen-bond donors (Lipinski definition) is 2. The summed E-state index contributed by atoms with van der Waals surface area (Å²) in [6, 6.07) is 9.84. The maximum Gasteiger partial charge on any atom is 0.410 e. The van der Waals surface area contributed by atoms with Gasteiger partial charge in [-0.15, -0.1) is 0 Å². The number of carbonyl (C=O) groups excluding carboxylic acids is 2. The second kappa shape index (κ2) is 11.1. The highest BCUT2D eigenvalue weighted by Crippen LogP contribution is 2.34. The van der Waals surface area contributed by atoms with Crippen molar-refractivity contribution in [3.63, 3.8) is 0 Å². The molecule has 0 spiro atoms. The molecule has 1 aliphatic heterocycles. The zero-order valence-electron chi connectivity index (χ0n) is 23.0. The maximum atomic E-state index is 14.0. The number of benzene rings is 2. The van der Waals surface area contributed by atoms with Crippen molar-refractivity contribution >= 4 is 28.9 Å². The van der Waals surface area contributed by atoms with E-state index in [2.05, 4.69) is 15.3 Å². The second-order valence-corrected chi connectivity index (χ2v) is 11.0. The van der Waals surface area contributed by atoms with Crippen molar-refractivity contribution in [2.45, 2.75) is 51.8 Å². The summed E-state index contributed by atoms with van der Waals surface area (Å²) in [5.74, 6) is -1.98. The normalized spacial score (nSPS) is 15.6. The summed E-state index contributed by atoms with van der Waals surface area (Å²) in [6.07, 6.45) is 2.55. The third kappa shape index (κ3) is 6.11. The van der Waals surface area contributed by atoms with Crippen LogP contribution in [0, 0.1) is 11.6 Å². The van der Waals surface area contributed by atoms with Crippen LogP contribution in [-0.2, 0) is 11.3 Å². The van der Waals surface area contributed by atoms with E-state index in [4.69, 9.17) is 15.6 Å². The van der Waals surface area contributed by atoms with E-state index in [-0.39, 0.29) is 30.1 Å². The smallest absolute Gasteiger partial charge is 0.410 e. The molecule has 10 nitrogen and oxygen atoms in total. The van der Waals surface area contributed by atoms with Gasteiger partial charge in [0.25, 0.3) is 5.91 Å². The summed E-state index contributed by atoms with van der Waals surface area (Å²) >= 11 is 0. The van der Waals surface area contributed by atoms with Gasteiger partial charge in [0, 0.05) is 25.2 Å². The number of ether oxygens (including phenoxy) is 1. The summed E-state index contributed by atoms with van der Waals surface area (Å²) in [6.45, 7) is 6.55. The summed E-state index contributed by atoms with van der Waals surface area (Å²) in [4.78, 5) is 35.6. The van der Waals surface area contributed by atoms with Gasteiger partial charge in [-0.1, -0.05) is 18.2 Å². The van der Waals surface area contributed by atoms with Gasteiger partial charge in [0.1, 0.15) is 35.1 Å². The van der Waals surface area contributed by atoms with E-state index < -0.39 is 23.1 Å². The number of nitrogens with one attached hydrogen (secondary N) is 1. The first-order valence-corrected chi connectivity index (χ1v) is 13.3. The molecule has 0 aliphatic carbocycles.